The molecule has 0 aliphatic rings. The first kappa shape index (κ1) is 38.1. The van der Waals surface area contributed by atoms with E-state index >= 15 is 0 Å². The summed E-state index contributed by atoms with van der Waals surface area (Å²) >= 11 is 0. The molecule has 0 aliphatic carbocycles. The quantitative estimate of drug-likeness (QED) is 0.152. The minimum absolute atomic E-state index is 0.0612. The lowest BCUT2D eigenvalue weighted by Crippen LogP contribution is -2.14. The van der Waals surface area contributed by atoms with Gasteiger partial charge in [0.25, 0.3) is 0 Å². The highest BCUT2D eigenvalue weighted by Gasteiger charge is 2.24. The van der Waals surface area contributed by atoms with Gasteiger partial charge in [0.2, 0.25) is 0 Å². The summed E-state index contributed by atoms with van der Waals surface area (Å²) in [5, 5.41) is 7.55. The van der Waals surface area contributed by atoms with E-state index in [0.717, 1.165) is 17.1 Å². The fourth-order valence-corrected chi connectivity index (χ4v) is 9.06. The van der Waals surface area contributed by atoms with E-state index in [4.69, 9.17) is 0 Å². The Labute approximate surface area is 350 Å². The van der Waals surface area contributed by atoms with Crippen molar-refractivity contribution in [1.29, 1.82) is 0 Å². The Bertz CT molecular complexity index is 2900. The van der Waals surface area contributed by atoms with E-state index in [9.17, 15) is 0 Å². The number of hydrogen-bond acceptors (Lipinski definition) is 1. The van der Waals surface area contributed by atoms with E-state index in [1.807, 2.05) is 0 Å². The molecule has 290 valence electrons. The fourth-order valence-electron chi connectivity index (χ4n) is 9.06. The molecule has 9 aromatic carbocycles. The number of aryl methyl sites for hydroxylation is 2. The molecule has 0 aliphatic heterocycles. The Morgan fingerprint density at radius 1 is 0.339 bits per heavy atom. The van der Waals surface area contributed by atoms with Gasteiger partial charge < -0.3 is 4.90 Å². The van der Waals surface area contributed by atoms with Gasteiger partial charge in [0.05, 0.1) is 0 Å². The number of rotatable bonds is 6. The van der Waals surface area contributed by atoms with Crippen LogP contribution < -0.4 is 4.90 Å². The normalized spacial score (nSPS) is 12.1. The van der Waals surface area contributed by atoms with Crippen molar-refractivity contribution < 1.29 is 0 Å². The summed E-state index contributed by atoms with van der Waals surface area (Å²) in [7, 11) is 0. The predicted molar refractivity (Wildman–Crippen MR) is 257 cm³/mol. The molecule has 0 amide bonds. The van der Waals surface area contributed by atoms with Gasteiger partial charge in [0.1, 0.15) is 0 Å². The van der Waals surface area contributed by atoms with Crippen LogP contribution in [-0.2, 0) is 10.8 Å². The first-order chi connectivity index (χ1) is 28.3. The van der Waals surface area contributed by atoms with Crippen LogP contribution in [0.5, 0.6) is 0 Å². The van der Waals surface area contributed by atoms with Crippen molar-refractivity contribution in [3.05, 3.63) is 198 Å². The molecule has 0 N–H and O–H groups in total. The van der Waals surface area contributed by atoms with Crippen LogP contribution in [0, 0.1) is 13.8 Å². The van der Waals surface area contributed by atoms with Crippen molar-refractivity contribution in [3.8, 4) is 33.4 Å². The number of anilines is 3. The molecule has 0 bridgehead atoms. The van der Waals surface area contributed by atoms with Crippen LogP contribution in [0.2, 0.25) is 0 Å². The lowest BCUT2D eigenvalue weighted by molar-refractivity contribution is 0.590. The molecule has 0 radical (unpaired) electrons. The van der Waals surface area contributed by atoms with Gasteiger partial charge in [0.15, 0.2) is 0 Å². The maximum absolute atomic E-state index is 2.46. The van der Waals surface area contributed by atoms with Crippen LogP contribution in [0.1, 0.15) is 63.8 Å². The van der Waals surface area contributed by atoms with E-state index in [1.54, 1.807) is 0 Å². The van der Waals surface area contributed by atoms with Crippen molar-refractivity contribution in [2.45, 2.75) is 66.2 Å². The lowest BCUT2D eigenvalue weighted by Gasteiger charge is -2.29. The van der Waals surface area contributed by atoms with Crippen molar-refractivity contribution in [2.24, 2.45) is 0 Å². The summed E-state index contributed by atoms with van der Waals surface area (Å²) in [5.74, 6) is 0. The summed E-state index contributed by atoms with van der Waals surface area (Å²) in [6.45, 7) is 18.1. The highest BCUT2D eigenvalue weighted by Crippen LogP contribution is 2.50. The molecule has 1 nitrogen and oxygen atoms in total. The van der Waals surface area contributed by atoms with Crippen LogP contribution >= 0.6 is 0 Å². The highest BCUT2D eigenvalue weighted by molar-refractivity contribution is 6.33. The van der Waals surface area contributed by atoms with Gasteiger partial charge in [-0.25, -0.2) is 0 Å². The fraction of sp³-hybridized carbons (Fsp3) is 0.172. The second kappa shape index (κ2) is 14.7. The summed E-state index contributed by atoms with van der Waals surface area (Å²) in [6.07, 6.45) is 0. The Hall–Kier alpha value is -6.44. The number of nitrogens with zero attached hydrogens (tertiary/aromatic N) is 1. The molecule has 0 fully saturated rings. The third kappa shape index (κ3) is 7.10. The van der Waals surface area contributed by atoms with Gasteiger partial charge >= 0.3 is 0 Å². The molecule has 9 rings (SSSR count). The second-order valence-corrected chi connectivity index (χ2v) is 18.4. The Kier molecular flexibility index (Phi) is 9.52. The minimum Gasteiger partial charge on any atom is -0.310 e. The second-order valence-electron chi connectivity index (χ2n) is 18.4. The number of fused-ring (bicyclic) bond motifs is 6. The maximum Gasteiger partial charge on any atom is 0.0468 e. The van der Waals surface area contributed by atoms with Crippen molar-refractivity contribution in [3.63, 3.8) is 0 Å². The Morgan fingerprint density at radius 2 is 0.814 bits per heavy atom. The standard InChI is InChI=1S/C58H53N/c1-38-33-39(2)35-42(34-38)52-37-51(40-17-11-9-12-18-40)55-49-22-16-15-21-48(49)53-36-47(31-32-50(53)56(55)54(52)41-19-13-10-14-20-41)59(45-27-23-43(24-28-45)57(3,4)5)46-29-25-44(26-30-46)58(6,7)8/h9-37H,1-8H3. The Balaban J connectivity index is 1.41. The summed E-state index contributed by atoms with van der Waals surface area (Å²) in [5.41, 5.74) is 16.1. The molecule has 0 spiro atoms. The van der Waals surface area contributed by atoms with E-state index in [2.05, 4.69) is 236 Å². The molecule has 0 atom stereocenters. The zero-order chi connectivity index (χ0) is 41.1. The SMILES string of the molecule is Cc1cc(C)cc(-c2cc(-c3ccccc3)c3c4ccccc4c4cc(N(c5ccc(C(C)(C)C)cc5)c5ccc(C(C)(C)C)cc5)ccc4c3c2-c2ccccc2)c1. The van der Waals surface area contributed by atoms with Gasteiger partial charge in [-0.05, 0) is 144 Å². The molecular formula is C58H53N. The lowest BCUT2D eigenvalue weighted by atomic mass is 9.81. The monoisotopic (exact) mass is 763 g/mol. The molecule has 0 aromatic heterocycles. The van der Waals surface area contributed by atoms with E-state index in [-0.39, 0.29) is 10.8 Å². The van der Waals surface area contributed by atoms with Gasteiger partial charge in [0, 0.05) is 17.1 Å². The van der Waals surface area contributed by atoms with Crippen LogP contribution in [0.4, 0.5) is 17.1 Å². The average molecular weight is 764 g/mol. The third-order valence-electron chi connectivity index (χ3n) is 12.0. The summed E-state index contributed by atoms with van der Waals surface area (Å²) in [4.78, 5) is 2.43. The molecule has 59 heavy (non-hydrogen) atoms. The Morgan fingerprint density at radius 3 is 1.36 bits per heavy atom. The van der Waals surface area contributed by atoms with Crippen molar-refractivity contribution in [1.82, 2.24) is 0 Å². The number of hydrogen-bond donors (Lipinski definition) is 0. The van der Waals surface area contributed by atoms with Gasteiger partial charge in [-0.15, -0.1) is 0 Å². The topological polar surface area (TPSA) is 3.24 Å². The highest BCUT2D eigenvalue weighted by atomic mass is 15.1. The van der Waals surface area contributed by atoms with Gasteiger partial charge in [-0.3, -0.25) is 0 Å². The van der Waals surface area contributed by atoms with Crippen LogP contribution in [0.3, 0.4) is 0 Å². The minimum atomic E-state index is 0.0612. The zero-order valence-electron chi connectivity index (χ0n) is 35.7. The number of benzene rings is 9. The molecule has 0 saturated carbocycles. The summed E-state index contributed by atoms with van der Waals surface area (Å²) in [6, 6.07) is 66.0. The van der Waals surface area contributed by atoms with Crippen LogP contribution in [-0.4, -0.2) is 0 Å². The molecular weight excluding hydrogens is 711 g/mol. The van der Waals surface area contributed by atoms with Gasteiger partial charge in [-0.1, -0.05) is 186 Å². The van der Waals surface area contributed by atoms with E-state index in [0.29, 0.717) is 0 Å². The smallest absolute Gasteiger partial charge is 0.0468 e. The first-order valence-corrected chi connectivity index (χ1v) is 21.0. The van der Waals surface area contributed by atoms with E-state index in [1.165, 1.54) is 88.0 Å². The van der Waals surface area contributed by atoms with Crippen LogP contribution in [0.15, 0.2) is 176 Å². The molecule has 0 unspecified atom stereocenters. The largest absolute Gasteiger partial charge is 0.310 e. The zero-order valence-corrected chi connectivity index (χ0v) is 35.7. The van der Waals surface area contributed by atoms with Crippen LogP contribution in [0.25, 0.3) is 65.7 Å². The first-order valence-electron chi connectivity index (χ1n) is 21.0. The van der Waals surface area contributed by atoms with Crippen molar-refractivity contribution in [2.75, 3.05) is 4.90 Å². The third-order valence-corrected chi connectivity index (χ3v) is 12.0. The van der Waals surface area contributed by atoms with Crippen molar-refractivity contribution >= 4 is 49.4 Å². The molecule has 1 heteroatoms. The van der Waals surface area contributed by atoms with E-state index < -0.39 is 0 Å². The molecule has 0 heterocycles. The summed E-state index contributed by atoms with van der Waals surface area (Å²) < 4.78 is 0. The maximum atomic E-state index is 2.46. The molecule has 0 saturated heterocycles. The van der Waals surface area contributed by atoms with Gasteiger partial charge in [-0.2, -0.15) is 0 Å². The predicted octanol–water partition coefficient (Wildman–Crippen LogP) is 16.8. The molecule has 9 aromatic rings. The average Bonchev–Trinajstić information content (AvgIpc) is 3.23.